The van der Waals surface area contributed by atoms with E-state index in [1.54, 1.807) is 18.2 Å². The molecule has 5 heteroatoms. The lowest BCUT2D eigenvalue weighted by Gasteiger charge is -2.05. The standard InChI is InChI=1S/C19H15ClO3S/c1-13-11-15(6-8-17(13)20)22-12-16-5-4-14(23-16)7-9-18(21)19-3-2-10-24-19/h2-11H,12H2,1H3/b9-7+. The number of hydrogen-bond donors (Lipinski definition) is 0. The van der Waals surface area contributed by atoms with Crippen LogP contribution in [0.15, 0.2) is 58.3 Å². The number of ether oxygens (including phenoxy) is 1. The monoisotopic (exact) mass is 358 g/mol. The molecule has 0 atom stereocenters. The van der Waals surface area contributed by atoms with Gasteiger partial charge in [-0.1, -0.05) is 17.7 Å². The minimum Gasteiger partial charge on any atom is -0.486 e. The second-order valence-electron chi connectivity index (χ2n) is 5.18. The van der Waals surface area contributed by atoms with Crippen LogP contribution in [-0.2, 0) is 6.61 Å². The first kappa shape index (κ1) is 16.6. The lowest BCUT2D eigenvalue weighted by Crippen LogP contribution is -1.94. The van der Waals surface area contributed by atoms with Crippen molar-refractivity contribution >= 4 is 34.8 Å². The lowest BCUT2D eigenvalue weighted by molar-refractivity contribution is 0.105. The third-order valence-electron chi connectivity index (χ3n) is 3.36. The van der Waals surface area contributed by atoms with E-state index < -0.39 is 0 Å². The molecule has 2 aromatic heterocycles. The molecule has 0 aliphatic heterocycles. The van der Waals surface area contributed by atoms with Gasteiger partial charge in [0.05, 0.1) is 4.88 Å². The molecule has 0 aliphatic rings. The van der Waals surface area contributed by atoms with Gasteiger partial charge in [0.15, 0.2) is 5.78 Å². The maximum Gasteiger partial charge on any atom is 0.195 e. The Kier molecular flexibility index (Phi) is 5.18. The molecule has 2 heterocycles. The number of carbonyl (C=O) groups is 1. The Morgan fingerprint density at radius 1 is 1.29 bits per heavy atom. The summed E-state index contributed by atoms with van der Waals surface area (Å²) in [5.74, 6) is 2.01. The van der Waals surface area contributed by atoms with Crippen LogP contribution in [0.5, 0.6) is 5.75 Å². The van der Waals surface area contributed by atoms with Crippen molar-refractivity contribution in [2.24, 2.45) is 0 Å². The van der Waals surface area contributed by atoms with Crippen molar-refractivity contribution in [1.82, 2.24) is 0 Å². The summed E-state index contributed by atoms with van der Waals surface area (Å²) in [5, 5.41) is 2.59. The first-order valence-electron chi connectivity index (χ1n) is 7.35. The number of halogens is 1. The highest BCUT2D eigenvalue weighted by molar-refractivity contribution is 7.12. The molecule has 0 spiro atoms. The molecule has 0 unspecified atom stereocenters. The van der Waals surface area contributed by atoms with Gasteiger partial charge >= 0.3 is 0 Å². The van der Waals surface area contributed by atoms with Crippen LogP contribution in [-0.4, -0.2) is 5.78 Å². The van der Waals surface area contributed by atoms with E-state index >= 15 is 0 Å². The summed E-state index contributed by atoms with van der Waals surface area (Å²) >= 11 is 7.41. The fraction of sp³-hybridized carbons (Fsp3) is 0.105. The normalized spacial score (nSPS) is 11.1. The second-order valence-corrected chi connectivity index (χ2v) is 6.53. The van der Waals surface area contributed by atoms with E-state index in [1.807, 2.05) is 42.6 Å². The Bertz CT molecular complexity index is 863. The molecular weight excluding hydrogens is 344 g/mol. The van der Waals surface area contributed by atoms with Crippen molar-refractivity contribution in [3.05, 3.63) is 80.9 Å². The number of furan rings is 1. The smallest absolute Gasteiger partial charge is 0.195 e. The van der Waals surface area contributed by atoms with Crippen molar-refractivity contribution in [1.29, 1.82) is 0 Å². The summed E-state index contributed by atoms with van der Waals surface area (Å²) in [6, 6.07) is 12.8. The minimum absolute atomic E-state index is 0.0316. The highest BCUT2D eigenvalue weighted by Gasteiger charge is 2.05. The van der Waals surface area contributed by atoms with Crippen molar-refractivity contribution in [3.63, 3.8) is 0 Å². The Morgan fingerprint density at radius 3 is 2.92 bits per heavy atom. The van der Waals surface area contributed by atoms with E-state index in [9.17, 15) is 4.79 Å². The summed E-state index contributed by atoms with van der Waals surface area (Å²) < 4.78 is 11.3. The van der Waals surface area contributed by atoms with Crippen LogP contribution < -0.4 is 4.74 Å². The summed E-state index contributed by atoms with van der Waals surface area (Å²) in [5.41, 5.74) is 0.962. The third-order valence-corrected chi connectivity index (χ3v) is 4.66. The maximum atomic E-state index is 11.9. The van der Waals surface area contributed by atoms with Crippen LogP contribution in [0, 0.1) is 6.92 Å². The lowest BCUT2D eigenvalue weighted by atomic mass is 10.2. The number of benzene rings is 1. The van der Waals surface area contributed by atoms with Crippen LogP contribution in [0.1, 0.15) is 26.8 Å². The van der Waals surface area contributed by atoms with Gasteiger partial charge in [0.1, 0.15) is 23.9 Å². The first-order chi connectivity index (χ1) is 11.6. The zero-order valence-electron chi connectivity index (χ0n) is 13.0. The maximum absolute atomic E-state index is 11.9. The van der Waals surface area contributed by atoms with E-state index in [2.05, 4.69) is 0 Å². The van der Waals surface area contributed by atoms with Gasteiger partial charge in [-0.2, -0.15) is 0 Å². The summed E-state index contributed by atoms with van der Waals surface area (Å²) in [6.07, 6.45) is 3.18. The molecule has 122 valence electrons. The van der Waals surface area contributed by atoms with E-state index in [1.165, 1.54) is 17.4 Å². The van der Waals surface area contributed by atoms with E-state index in [0.717, 1.165) is 11.3 Å². The Hall–Kier alpha value is -2.30. The fourth-order valence-electron chi connectivity index (χ4n) is 2.08. The molecule has 3 nitrogen and oxygen atoms in total. The van der Waals surface area contributed by atoms with Gasteiger partial charge in [0.25, 0.3) is 0 Å². The molecule has 0 N–H and O–H groups in total. The number of thiophene rings is 1. The number of carbonyl (C=O) groups excluding carboxylic acids is 1. The van der Waals surface area contributed by atoms with Crippen LogP contribution in [0.4, 0.5) is 0 Å². The van der Waals surface area contributed by atoms with E-state index in [4.69, 9.17) is 20.8 Å². The van der Waals surface area contributed by atoms with Gasteiger partial charge in [-0.3, -0.25) is 4.79 Å². The van der Waals surface area contributed by atoms with Gasteiger partial charge in [-0.25, -0.2) is 0 Å². The predicted octanol–water partition coefficient (Wildman–Crippen LogP) is 5.78. The van der Waals surface area contributed by atoms with Gasteiger partial charge < -0.3 is 9.15 Å². The number of hydrogen-bond acceptors (Lipinski definition) is 4. The molecule has 1 aromatic carbocycles. The minimum atomic E-state index is -0.0316. The Labute approximate surface area is 149 Å². The number of allylic oxidation sites excluding steroid dienone is 1. The topological polar surface area (TPSA) is 39.4 Å². The fourth-order valence-corrected chi connectivity index (χ4v) is 2.84. The molecule has 0 saturated carbocycles. The molecule has 0 aliphatic carbocycles. The quantitative estimate of drug-likeness (QED) is 0.414. The molecule has 24 heavy (non-hydrogen) atoms. The molecule has 3 rings (SSSR count). The highest BCUT2D eigenvalue weighted by Crippen LogP contribution is 2.22. The molecular formula is C19H15ClO3S. The first-order valence-corrected chi connectivity index (χ1v) is 8.61. The van der Waals surface area contributed by atoms with Crippen molar-refractivity contribution in [2.45, 2.75) is 13.5 Å². The Balaban J connectivity index is 1.59. The predicted molar refractivity (Wildman–Crippen MR) is 96.9 cm³/mol. The van der Waals surface area contributed by atoms with Gasteiger partial charge in [-0.15, -0.1) is 11.3 Å². The van der Waals surface area contributed by atoms with Gasteiger partial charge in [0, 0.05) is 5.02 Å². The summed E-state index contributed by atoms with van der Waals surface area (Å²) in [4.78, 5) is 12.6. The van der Waals surface area contributed by atoms with Crippen molar-refractivity contribution < 1.29 is 13.9 Å². The Morgan fingerprint density at radius 2 is 2.17 bits per heavy atom. The zero-order chi connectivity index (χ0) is 16.9. The molecule has 0 amide bonds. The van der Waals surface area contributed by atoms with E-state index in [-0.39, 0.29) is 5.78 Å². The van der Waals surface area contributed by atoms with E-state index in [0.29, 0.717) is 28.0 Å². The molecule has 0 saturated heterocycles. The molecule has 0 radical (unpaired) electrons. The zero-order valence-corrected chi connectivity index (χ0v) is 14.6. The SMILES string of the molecule is Cc1cc(OCc2ccc(/C=C/C(=O)c3cccs3)o2)ccc1Cl. The number of rotatable bonds is 6. The van der Waals surface area contributed by atoms with Crippen LogP contribution in [0.2, 0.25) is 5.02 Å². The second kappa shape index (κ2) is 7.51. The average molecular weight is 359 g/mol. The van der Waals surface area contributed by atoms with Gasteiger partial charge in [0.2, 0.25) is 0 Å². The van der Waals surface area contributed by atoms with Crippen LogP contribution in [0.25, 0.3) is 6.08 Å². The third kappa shape index (κ3) is 4.16. The number of aryl methyl sites for hydroxylation is 1. The average Bonchev–Trinajstić information content (AvgIpc) is 3.25. The molecule has 0 fully saturated rings. The largest absolute Gasteiger partial charge is 0.486 e. The van der Waals surface area contributed by atoms with Crippen LogP contribution in [0.3, 0.4) is 0 Å². The number of ketones is 1. The van der Waals surface area contributed by atoms with Crippen LogP contribution >= 0.6 is 22.9 Å². The summed E-state index contributed by atoms with van der Waals surface area (Å²) in [7, 11) is 0. The highest BCUT2D eigenvalue weighted by atomic mass is 35.5. The van der Waals surface area contributed by atoms with Crippen molar-refractivity contribution in [3.8, 4) is 5.75 Å². The van der Waals surface area contributed by atoms with Gasteiger partial charge in [-0.05, 0) is 66.4 Å². The molecule has 0 bridgehead atoms. The molecule has 3 aromatic rings. The van der Waals surface area contributed by atoms with Crippen molar-refractivity contribution in [2.75, 3.05) is 0 Å². The summed E-state index contributed by atoms with van der Waals surface area (Å²) in [6.45, 7) is 2.24.